The summed E-state index contributed by atoms with van der Waals surface area (Å²) in [5.74, 6) is -1.54. The van der Waals surface area contributed by atoms with Crippen LogP contribution in [0.1, 0.15) is 6.23 Å². The molecule has 0 radical (unpaired) electrons. The average molecular weight is 304 g/mol. The van der Waals surface area contributed by atoms with Gasteiger partial charge in [0.15, 0.2) is 12.3 Å². The summed E-state index contributed by atoms with van der Waals surface area (Å²) in [6, 6.07) is 1.24. The van der Waals surface area contributed by atoms with E-state index in [1.807, 2.05) is 0 Å². The Bertz CT molecular complexity index is 684. The highest BCUT2D eigenvalue weighted by Crippen LogP contribution is 2.46. The third-order valence-electron chi connectivity index (χ3n) is 3.01. The van der Waals surface area contributed by atoms with Crippen molar-refractivity contribution in [2.45, 2.75) is 23.9 Å². The van der Waals surface area contributed by atoms with Crippen molar-refractivity contribution in [1.82, 2.24) is 9.55 Å². The molecular weight excluding hydrogens is 294 g/mol. The Morgan fingerprint density at radius 1 is 1.65 bits per heavy atom. The van der Waals surface area contributed by atoms with Gasteiger partial charge in [-0.25, -0.2) is 13.6 Å². The number of nitrogens with zero attached hydrogens (tertiary/aromatic N) is 1. The summed E-state index contributed by atoms with van der Waals surface area (Å²) in [5.41, 5.74) is -3.92. The molecule has 1 aromatic heterocycles. The maximum Gasteiger partial charge on any atom is 0.328 e. The SMILES string of the molecule is C#C[C@@]1(F)C(O)[C@@](F)(CO)O[C@H]1n1ccc(=S)[nH]c1=O. The second-order valence-corrected chi connectivity index (χ2v) is 4.69. The van der Waals surface area contributed by atoms with Crippen molar-refractivity contribution >= 4 is 12.2 Å². The number of hydrogen-bond donors (Lipinski definition) is 3. The smallest absolute Gasteiger partial charge is 0.328 e. The van der Waals surface area contributed by atoms with Gasteiger partial charge in [0.2, 0.25) is 5.67 Å². The van der Waals surface area contributed by atoms with E-state index in [2.05, 4.69) is 9.72 Å². The van der Waals surface area contributed by atoms with Gasteiger partial charge in [-0.05, 0) is 6.07 Å². The van der Waals surface area contributed by atoms with Crippen molar-refractivity contribution in [3.63, 3.8) is 0 Å². The van der Waals surface area contributed by atoms with E-state index in [1.165, 1.54) is 6.07 Å². The van der Waals surface area contributed by atoms with Crippen molar-refractivity contribution in [3.8, 4) is 12.3 Å². The molecule has 1 unspecified atom stereocenters. The predicted octanol–water partition coefficient (Wildman–Crippen LogP) is -0.205. The zero-order valence-electron chi connectivity index (χ0n) is 9.92. The van der Waals surface area contributed by atoms with Gasteiger partial charge in [-0.15, -0.1) is 6.42 Å². The van der Waals surface area contributed by atoms with Crippen molar-refractivity contribution in [2.75, 3.05) is 6.61 Å². The van der Waals surface area contributed by atoms with E-state index >= 15 is 0 Å². The van der Waals surface area contributed by atoms with Crippen LogP contribution < -0.4 is 5.69 Å². The topological polar surface area (TPSA) is 87.5 Å². The van der Waals surface area contributed by atoms with Crippen LogP contribution >= 0.6 is 12.2 Å². The van der Waals surface area contributed by atoms with Gasteiger partial charge in [-0.3, -0.25) is 9.55 Å². The maximum atomic E-state index is 14.6. The van der Waals surface area contributed by atoms with E-state index in [0.717, 1.165) is 6.20 Å². The highest BCUT2D eigenvalue weighted by atomic mass is 32.1. The molecule has 0 spiro atoms. The summed E-state index contributed by atoms with van der Waals surface area (Å²) in [6.45, 7) is -1.32. The molecule has 1 fully saturated rings. The lowest BCUT2D eigenvalue weighted by molar-refractivity contribution is -0.207. The second-order valence-electron chi connectivity index (χ2n) is 4.25. The third kappa shape index (κ3) is 1.97. The van der Waals surface area contributed by atoms with Gasteiger partial charge in [0.1, 0.15) is 11.2 Å². The fraction of sp³-hybridized carbons (Fsp3) is 0.455. The van der Waals surface area contributed by atoms with Crippen LogP contribution in [0.25, 0.3) is 0 Å². The van der Waals surface area contributed by atoms with Gasteiger partial charge in [0, 0.05) is 6.20 Å². The Labute approximate surface area is 116 Å². The Morgan fingerprint density at radius 3 is 2.80 bits per heavy atom. The first-order valence-corrected chi connectivity index (χ1v) is 5.83. The van der Waals surface area contributed by atoms with Gasteiger partial charge in [0.25, 0.3) is 5.85 Å². The molecular formula is C11H10F2N2O4S. The number of nitrogens with one attached hydrogen (secondary N) is 1. The van der Waals surface area contributed by atoms with Gasteiger partial charge < -0.3 is 14.9 Å². The Hall–Kier alpha value is -1.60. The van der Waals surface area contributed by atoms with E-state index in [4.69, 9.17) is 23.7 Å². The highest BCUT2D eigenvalue weighted by molar-refractivity contribution is 7.71. The van der Waals surface area contributed by atoms with Crippen LogP contribution in [0.2, 0.25) is 0 Å². The second kappa shape index (κ2) is 4.75. The Morgan fingerprint density at radius 2 is 2.30 bits per heavy atom. The average Bonchev–Trinajstić information content (AvgIpc) is 2.62. The molecule has 6 nitrogen and oxygen atoms in total. The molecule has 4 atom stereocenters. The van der Waals surface area contributed by atoms with E-state index in [1.54, 1.807) is 5.92 Å². The highest BCUT2D eigenvalue weighted by Gasteiger charge is 2.66. The lowest BCUT2D eigenvalue weighted by Crippen LogP contribution is -2.47. The largest absolute Gasteiger partial charge is 0.390 e. The van der Waals surface area contributed by atoms with E-state index in [9.17, 15) is 18.7 Å². The zero-order chi connectivity index (χ0) is 15.1. The molecule has 1 aliphatic rings. The molecule has 2 rings (SSSR count). The Balaban J connectivity index is 2.59. The molecule has 0 bridgehead atoms. The predicted molar refractivity (Wildman–Crippen MR) is 65.6 cm³/mol. The van der Waals surface area contributed by atoms with E-state index < -0.39 is 36.2 Å². The molecule has 20 heavy (non-hydrogen) atoms. The number of ether oxygens (including phenoxy) is 1. The summed E-state index contributed by atoms with van der Waals surface area (Å²) in [5, 5.41) is 18.5. The van der Waals surface area contributed by atoms with Gasteiger partial charge in [0.05, 0.1) is 0 Å². The van der Waals surface area contributed by atoms with Crippen molar-refractivity contribution in [2.24, 2.45) is 0 Å². The first-order valence-electron chi connectivity index (χ1n) is 5.42. The lowest BCUT2D eigenvalue weighted by atomic mass is 9.96. The number of terminal acetylenes is 1. The molecule has 1 aromatic rings. The minimum absolute atomic E-state index is 0.0728. The summed E-state index contributed by atoms with van der Waals surface area (Å²) in [4.78, 5) is 13.9. The minimum Gasteiger partial charge on any atom is -0.390 e. The van der Waals surface area contributed by atoms with Crippen LogP contribution in [0.5, 0.6) is 0 Å². The van der Waals surface area contributed by atoms with Crippen LogP contribution in [0.15, 0.2) is 17.1 Å². The van der Waals surface area contributed by atoms with Crippen LogP contribution in [-0.4, -0.2) is 44.0 Å². The van der Waals surface area contributed by atoms with E-state index in [-0.39, 0.29) is 4.64 Å². The summed E-state index contributed by atoms with van der Waals surface area (Å²) in [6.07, 6.45) is 1.63. The molecule has 3 N–H and O–H groups in total. The lowest BCUT2D eigenvalue weighted by Gasteiger charge is -2.23. The van der Waals surface area contributed by atoms with Crippen molar-refractivity contribution in [1.29, 1.82) is 0 Å². The fourth-order valence-corrected chi connectivity index (χ4v) is 2.08. The number of H-pyrrole nitrogens is 1. The normalized spacial score (nSPS) is 36.8. The standard InChI is InChI=1S/C11H10F2N2O4S/c1-2-10(12)7(17)11(13,5-16)19-8(10)15-4-3-6(20)14-9(15)18/h1,3-4,7-8,16-17H,5H2,(H,14,18,20)/t7?,8-,10-,11-/m1/s1. The summed E-state index contributed by atoms with van der Waals surface area (Å²) < 4.78 is 34.0. The number of aromatic nitrogens is 2. The van der Waals surface area contributed by atoms with Crippen LogP contribution in [0, 0.1) is 17.0 Å². The van der Waals surface area contributed by atoms with Crippen LogP contribution in [-0.2, 0) is 4.74 Å². The Kier molecular flexibility index (Phi) is 3.51. The molecule has 2 heterocycles. The van der Waals surface area contributed by atoms with Gasteiger partial charge in [-0.1, -0.05) is 18.1 Å². The maximum absolute atomic E-state index is 14.6. The minimum atomic E-state index is -3.11. The summed E-state index contributed by atoms with van der Waals surface area (Å²) >= 11 is 4.70. The molecule has 0 aromatic carbocycles. The first-order chi connectivity index (χ1) is 9.28. The molecule has 1 aliphatic heterocycles. The van der Waals surface area contributed by atoms with E-state index in [0.29, 0.717) is 4.57 Å². The zero-order valence-corrected chi connectivity index (χ0v) is 10.7. The van der Waals surface area contributed by atoms with Gasteiger partial charge in [-0.2, -0.15) is 0 Å². The number of rotatable bonds is 2. The number of hydrogen-bond acceptors (Lipinski definition) is 5. The molecule has 108 valence electrons. The third-order valence-corrected chi connectivity index (χ3v) is 3.25. The quantitative estimate of drug-likeness (QED) is 0.520. The molecule has 1 saturated heterocycles. The van der Waals surface area contributed by atoms with Crippen LogP contribution in [0.4, 0.5) is 8.78 Å². The van der Waals surface area contributed by atoms with Crippen molar-refractivity contribution in [3.05, 3.63) is 27.4 Å². The number of alkyl halides is 2. The fourth-order valence-electron chi connectivity index (χ4n) is 1.93. The number of halogens is 2. The van der Waals surface area contributed by atoms with Crippen molar-refractivity contribution < 1.29 is 23.7 Å². The molecule has 0 aliphatic carbocycles. The van der Waals surface area contributed by atoms with Crippen LogP contribution in [0.3, 0.4) is 0 Å². The number of aliphatic hydroxyl groups excluding tert-OH is 2. The summed E-state index contributed by atoms with van der Waals surface area (Å²) in [7, 11) is 0. The molecule has 0 saturated carbocycles. The first kappa shape index (κ1) is 14.8. The monoisotopic (exact) mass is 304 g/mol. The molecule has 0 amide bonds. The van der Waals surface area contributed by atoms with Gasteiger partial charge >= 0.3 is 5.69 Å². The number of aliphatic hydroxyl groups is 2. The number of aromatic amines is 1. The molecule has 9 heteroatoms.